The lowest BCUT2D eigenvalue weighted by Crippen LogP contribution is -2.41. The highest BCUT2D eigenvalue weighted by molar-refractivity contribution is 7.89. The van der Waals surface area contributed by atoms with Gasteiger partial charge in [0.05, 0.1) is 11.4 Å². The molecule has 2 aliphatic heterocycles. The molecule has 0 bridgehead atoms. The number of carbonyl (C=O) groups excluding carboxylic acids is 1. The average molecular weight is 445 g/mol. The van der Waals surface area contributed by atoms with Crippen LogP contribution in [0.1, 0.15) is 35.7 Å². The molecule has 1 fully saturated rings. The van der Waals surface area contributed by atoms with E-state index in [2.05, 4.69) is 12.2 Å². The van der Waals surface area contributed by atoms with Gasteiger partial charge in [-0.25, -0.2) is 8.42 Å². The van der Waals surface area contributed by atoms with Crippen LogP contribution >= 0.6 is 0 Å². The lowest BCUT2D eigenvalue weighted by molar-refractivity contribution is 0.0789. The molecule has 2 aromatic carbocycles. The molecule has 1 atom stereocenters. The van der Waals surface area contributed by atoms with Gasteiger partial charge in [0.1, 0.15) is 12.7 Å². The number of ether oxygens (including phenoxy) is 2. The highest BCUT2D eigenvalue weighted by Crippen LogP contribution is 2.30. The van der Waals surface area contributed by atoms with Gasteiger partial charge in [-0.2, -0.15) is 4.31 Å². The third-order valence-electron chi connectivity index (χ3n) is 5.89. The molecule has 8 heteroatoms. The van der Waals surface area contributed by atoms with Gasteiger partial charge < -0.3 is 14.8 Å². The molecule has 1 saturated heterocycles. The van der Waals surface area contributed by atoms with Crippen molar-refractivity contribution in [2.75, 3.05) is 26.2 Å². The average Bonchev–Trinajstić information content (AvgIpc) is 2.77. The van der Waals surface area contributed by atoms with Crippen LogP contribution in [-0.2, 0) is 10.0 Å². The fourth-order valence-corrected chi connectivity index (χ4v) is 5.34. The Morgan fingerprint density at radius 3 is 2.58 bits per heavy atom. The summed E-state index contributed by atoms with van der Waals surface area (Å²) >= 11 is 0. The highest BCUT2D eigenvalue weighted by Gasteiger charge is 2.29. The number of nitrogens with zero attached hydrogens (tertiary/aromatic N) is 1. The molecule has 0 aromatic heterocycles. The molecule has 2 aliphatic rings. The van der Waals surface area contributed by atoms with Crippen LogP contribution in [0.2, 0.25) is 0 Å². The van der Waals surface area contributed by atoms with Crippen molar-refractivity contribution in [2.45, 2.75) is 37.7 Å². The summed E-state index contributed by atoms with van der Waals surface area (Å²) < 4.78 is 39.2. The zero-order chi connectivity index (χ0) is 22.0. The molecule has 166 valence electrons. The number of piperidine rings is 1. The summed E-state index contributed by atoms with van der Waals surface area (Å²) in [5.74, 6) is 1.53. The number of carbonyl (C=O) groups is 1. The van der Waals surface area contributed by atoms with Crippen LogP contribution in [0.15, 0.2) is 47.4 Å². The number of hydrogen-bond acceptors (Lipinski definition) is 5. The molecule has 1 N–H and O–H groups in total. The molecule has 0 aliphatic carbocycles. The Bertz CT molecular complexity index is 1060. The molecule has 7 nitrogen and oxygen atoms in total. The molecule has 31 heavy (non-hydrogen) atoms. The second-order valence-corrected chi connectivity index (χ2v) is 10.2. The van der Waals surface area contributed by atoms with Crippen molar-refractivity contribution < 1.29 is 22.7 Å². The molecule has 0 saturated carbocycles. The van der Waals surface area contributed by atoms with Crippen molar-refractivity contribution in [3.05, 3.63) is 53.6 Å². The Hall–Kier alpha value is -2.58. The first kappa shape index (κ1) is 21.6. The topological polar surface area (TPSA) is 84.9 Å². The summed E-state index contributed by atoms with van der Waals surface area (Å²) in [4.78, 5) is 13.0. The lowest BCUT2D eigenvalue weighted by Gasteiger charge is -2.29. The maximum absolute atomic E-state index is 13.1. The number of rotatable bonds is 5. The zero-order valence-electron chi connectivity index (χ0n) is 17.8. The summed E-state index contributed by atoms with van der Waals surface area (Å²) in [5, 5.41) is 2.85. The Morgan fingerprint density at radius 2 is 1.84 bits per heavy atom. The molecular formula is C23H28N2O5S. The molecule has 1 amide bonds. The minimum absolute atomic E-state index is 0.156. The first-order chi connectivity index (χ1) is 14.8. The predicted octanol–water partition coefficient (Wildman–Crippen LogP) is 2.99. The number of aryl methyl sites for hydroxylation is 1. The van der Waals surface area contributed by atoms with E-state index in [1.54, 1.807) is 19.1 Å². The van der Waals surface area contributed by atoms with E-state index in [9.17, 15) is 13.2 Å². The number of hydrogen-bond donors (Lipinski definition) is 1. The number of fused-ring (bicyclic) bond motifs is 1. The Morgan fingerprint density at radius 1 is 1.13 bits per heavy atom. The molecule has 4 rings (SSSR count). The van der Waals surface area contributed by atoms with Crippen LogP contribution in [0.25, 0.3) is 0 Å². The van der Waals surface area contributed by atoms with Crippen LogP contribution in [0.3, 0.4) is 0 Å². The van der Waals surface area contributed by atoms with Crippen LogP contribution < -0.4 is 14.8 Å². The van der Waals surface area contributed by atoms with Crippen molar-refractivity contribution in [1.82, 2.24) is 9.62 Å². The SMILES string of the molecule is Cc1ccc(S(=O)(=O)N2CCC(C)CC2)cc1C(=O)NC[C@@H]1COc2ccccc2O1. The van der Waals surface area contributed by atoms with Crippen LogP contribution in [0.5, 0.6) is 11.5 Å². The fraction of sp³-hybridized carbons (Fsp3) is 0.435. The van der Waals surface area contributed by atoms with E-state index >= 15 is 0 Å². The van der Waals surface area contributed by atoms with Gasteiger partial charge in [0.2, 0.25) is 10.0 Å². The molecule has 2 aromatic rings. The van der Waals surface area contributed by atoms with Crippen molar-refractivity contribution in [1.29, 1.82) is 0 Å². The quantitative estimate of drug-likeness (QED) is 0.766. The van der Waals surface area contributed by atoms with E-state index in [1.165, 1.54) is 10.4 Å². The molecule has 0 radical (unpaired) electrons. The van der Waals surface area contributed by atoms with Gasteiger partial charge in [-0.3, -0.25) is 4.79 Å². The van der Waals surface area contributed by atoms with Gasteiger partial charge >= 0.3 is 0 Å². The monoisotopic (exact) mass is 444 g/mol. The van der Waals surface area contributed by atoms with Gasteiger partial charge in [-0.05, 0) is 55.5 Å². The van der Waals surface area contributed by atoms with Crippen molar-refractivity contribution in [3.63, 3.8) is 0 Å². The first-order valence-corrected chi connectivity index (χ1v) is 12.1. The maximum Gasteiger partial charge on any atom is 0.251 e. The standard InChI is InChI=1S/C23H28N2O5S/c1-16-9-11-25(12-10-16)31(27,28)19-8-7-17(2)20(13-19)23(26)24-14-18-15-29-21-5-3-4-6-22(21)30-18/h3-8,13,16,18H,9-12,14-15H2,1-2H3,(H,24,26)/t18-/m1/s1. The Labute approximate surface area is 183 Å². The van der Waals surface area contributed by atoms with Crippen LogP contribution in [0.4, 0.5) is 0 Å². The van der Waals surface area contributed by atoms with E-state index in [0.717, 1.165) is 18.4 Å². The zero-order valence-corrected chi connectivity index (χ0v) is 18.7. The van der Waals surface area contributed by atoms with Crippen molar-refractivity contribution in [2.24, 2.45) is 5.92 Å². The maximum atomic E-state index is 13.1. The number of benzene rings is 2. The third kappa shape index (κ3) is 4.70. The molecule has 2 heterocycles. The largest absolute Gasteiger partial charge is 0.486 e. The highest BCUT2D eigenvalue weighted by atomic mass is 32.2. The Balaban J connectivity index is 1.44. The van der Waals surface area contributed by atoms with E-state index in [4.69, 9.17) is 9.47 Å². The van der Waals surface area contributed by atoms with E-state index in [1.807, 2.05) is 24.3 Å². The summed E-state index contributed by atoms with van der Waals surface area (Å²) in [6.45, 7) is 5.55. The van der Waals surface area contributed by atoms with Gasteiger partial charge in [-0.15, -0.1) is 0 Å². The third-order valence-corrected chi connectivity index (χ3v) is 7.79. The van der Waals surface area contributed by atoms with Gasteiger partial charge in [0.15, 0.2) is 11.5 Å². The summed E-state index contributed by atoms with van der Waals surface area (Å²) in [6.07, 6.45) is 1.39. The first-order valence-electron chi connectivity index (χ1n) is 10.6. The second-order valence-electron chi connectivity index (χ2n) is 8.27. The second kappa shape index (κ2) is 8.88. The molecule has 0 unspecified atom stereocenters. The minimum atomic E-state index is -3.62. The lowest BCUT2D eigenvalue weighted by atomic mass is 10.0. The number of sulfonamides is 1. The fourth-order valence-electron chi connectivity index (χ4n) is 3.85. The normalized spacial score (nSPS) is 19.7. The summed E-state index contributed by atoms with van der Waals surface area (Å²) in [6, 6.07) is 12.1. The number of para-hydroxylation sites is 2. The van der Waals surface area contributed by atoms with E-state index in [0.29, 0.717) is 42.7 Å². The van der Waals surface area contributed by atoms with Gasteiger partial charge in [0, 0.05) is 18.7 Å². The summed E-state index contributed by atoms with van der Waals surface area (Å²) in [7, 11) is -3.62. The Kier molecular flexibility index (Phi) is 6.20. The smallest absolute Gasteiger partial charge is 0.251 e. The van der Waals surface area contributed by atoms with Gasteiger partial charge in [0.25, 0.3) is 5.91 Å². The number of amides is 1. The van der Waals surface area contributed by atoms with Gasteiger partial charge in [-0.1, -0.05) is 25.1 Å². The predicted molar refractivity (Wildman–Crippen MR) is 117 cm³/mol. The molecular weight excluding hydrogens is 416 g/mol. The van der Waals surface area contributed by atoms with Crippen molar-refractivity contribution >= 4 is 15.9 Å². The van der Waals surface area contributed by atoms with Crippen LogP contribution in [-0.4, -0.2) is 51.0 Å². The van der Waals surface area contributed by atoms with Crippen LogP contribution in [0, 0.1) is 12.8 Å². The minimum Gasteiger partial charge on any atom is -0.486 e. The van der Waals surface area contributed by atoms with Crippen molar-refractivity contribution in [3.8, 4) is 11.5 Å². The molecule has 0 spiro atoms. The summed E-state index contributed by atoms with van der Waals surface area (Å²) in [5.41, 5.74) is 1.07. The van der Waals surface area contributed by atoms with E-state index in [-0.39, 0.29) is 23.5 Å². The number of nitrogens with one attached hydrogen (secondary N) is 1. The van der Waals surface area contributed by atoms with E-state index < -0.39 is 10.0 Å².